The van der Waals surface area contributed by atoms with Crippen LogP contribution in [0.3, 0.4) is 0 Å². The molecular weight excluding hydrogens is 378 g/mol. The van der Waals surface area contributed by atoms with Crippen molar-refractivity contribution < 1.29 is 19.5 Å². The van der Waals surface area contributed by atoms with Crippen molar-refractivity contribution in [3.05, 3.63) is 53.6 Å². The van der Waals surface area contributed by atoms with Gasteiger partial charge >= 0.3 is 11.3 Å². The third-order valence-electron chi connectivity index (χ3n) is 4.37. The van der Waals surface area contributed by atoms with Gasteiger partial charge in [-0.2, -0.15) is 0 Å². The van der Waals surface area contributed by atoms with Gasteiger partial charge in [-0.25, -0.2) is 10.3 Å². The van der Waals surface area contributed by atoms with Crippen LogP contribution in [-0.4, -0.2) is 36.2 Å². The van der Waals surface area contributed by atoms with Crippen molar-refractivity contribution in [3.63, 3.8) is 0 Å². The Morgan fingerprint density at radius 3 is 2.75 bits per heavy atom. The minimum atomic E-state index is -0.550. The lowest BCUT2D eigenvalue weighted by molar-refractivity contribution is 0.180. The van der Waals surface area contributed by atoms with Crippen LogP contribution in [0.4, 0.5) is 15.3 Å². The van der Waals surface area contributed by atoms with Gasteiger partial charge in [0, 0.05) is 17.1 Å². The molecule has 0 unspecified atom stereocenters. The molecule has 2 aromatic rings. The lowest BCUT2D eigenvalue weighted by Crippen LogP contribution is -2.44. The first-order valence-electron chi connectivity index (χ1n) is 9.06. The molecule has 28 heavy (non-hydrogen) atoms. The third kappa shape index (κ3) is 5.17. The predicted molar refractivity (Wildman–Crippen MR) is 108 cm³/mol. The molecule has 1 aliphatic rings. The zero-order chi connectivity index (χ0) is 19.9. The van der Waals surface area contributed by atoms with Gasteiger partial charge in [-0.05, 0) is 67.4 Å². The molecule has 8 heteroatoms. The smallest absolute Gasteiger partial charge is 0.322 e. The average Bonchev–Trinajstić information content (AvgIpc) is 2.71. The van der Waals surface area contributed by atoms with Crippen molar-refractivity contribution in [1.29, 1.82) is 0 Å². The number of amides is 3. The summed E-state index contributed by atoms with van der Waals surface area (Å²) < 4.78 is 5.62. The molecule has 7 nitrogen and oxygen atoms in total. The Bertz CT molecular complexity index is 842. The quantitative estimate of drug-likeness (QED) is 0.307. The molecule has 1 heterocycles. The largest absolute Gasteiger partial charge is 0.492 e. The Balaban J connectivity index is 1.46. The number of nitrogens with one attached hydrogen (secondary N) is 2. The fraction of sp³-hybridized carbons (Fsp3) is 0.300. The van der Waals surface area contributed by atoms with Crippen LogP contribution in [0.15, 0.2) is 47.4 Å². The van der Waals surface area contributed by atoms with Gasteiger partial charge in [0.15, 0.2) is 0 Å². The standard InChI is InChI=1S/C20H23N3O4S/c1-14-4-9-18-15(13-14)3-2-11-23(18)19(24)21-10-12-27-16-5-7-17(8-6-16)28-20(25)22-26/h4-9,13,26H,2-3,10-12H2,1H3,(H,21,24)(H,22,25). The molecule has 0 saturated carbocycles. The molecule has 3 amide bonds. The molecule has 3 N–H and O–H groups in total. The summed E-state index contributed by atoms with van der Waals surface area (Å²) in [5.74, 6) is 0.641. The second-order valence-electron chi connectivity index (χ2n) is 6.44. The van der Waals surface area contributed by atoms with E-state index < -0.39 is 5.24 Å². The van der Waals surface area contributed by atoms with Crippen molar-refractivity contribution in [2.75, 3.05) is 24.6 Å². The van der Waals surface area contributed by atoms with Crippen LogP contribution < -0.4 is 20.4 Å². The van der Waals surface area contributed by atoms with Gasteiger partial charge < -0.3 is 10.1 Å². The highest BCUT2D eigenvalue weighted by Crippen LogP contribution is 2.28. The second kappa shape index (κ2) is 9.48. The number of fused-ring (bicyclic) bond motifs is 1. The number of thioether (sulfide) groups is 1. The molecule has 0 aliphatic carbocycles. The minimum Gasteiger partial charge on any atom is -0.492 e. The molecule has 0 bridgehead atoms. The van der Waals surface area contributed by atoms with Gasteiger partial charge in [0.05, 0.1) is 6.54 Å². The van der Waals surface area contributed by atoms with Crippen molar-refractivity contribution in [1.82, 2.24) is 10.8 Å². The maximum atomic E-state index is 12.5. The van der Waals surface area contributed by atoms with E-state index in [-0.39, 0.29) is 6.03 Å². The maximum absolute atomic E-state index is 12.5. The normalized spacial score (nSPS) is 12.9. The van der Waals surface area contributed by atoms with E-state index in [1.54, 1.807) is 34.6 Å². The second-order valence-corrected chi connectivity index (χ2v) is 7.49. The van der Waals surface area contributed by atoms with Gasteiger partial charge in [0.2, 0.25) is 0 Å². The highest BCUT2D eigenvalue weighted by Gasteiger charge is 2.22. The Morgan fingerprint density at radius 2 is 2.00 bits per heavy atom. The number of hydrogen-bond acceptors (Lipinski definition) is 5. The van der Waals surface area contributed by atoms with Crippen LogP contribution >= 0.6 is 11.8 Å². The molecule has 0 saturated heterocycles. The van der Waals surface area contributed by atoms with E-state index in [9.17, 15) is 9.59 Å². The van der Waals surface area contributed by atoms with Gasteiger partial charge in [0.1, 0.15) is 12.4 Å². The molecule has 0 fully saturated rings. The van der Waals surface area contributed by atoms with E-state index in [0.29, 0.717) is 30.3 Å². The predicted octanol–water partition coefficient (Wildman–Crippen LogP) is 3.73. The Hall–Kier alpha value is -2.71. The molecule has 148 valence electrons. The van der Waals surface area contributed by atoms with E-state index in [2.05, 4.69) is 18.3 Å². The van der Waals surface area contributed by atoms with E-state index in [1.165, 1.54) is 11.1 Å². The highest BCUT2D eigenvalue weighted by atomic mass is 32.2. The molecular formula is C20H23N3O4S. The Morgan fingerprint density at radius 1 is 1.21 bits per heavy atom. The number of hydroxylamine groups is 1. The van der Waals surface area contributed by atoms with Crippen LogP contribution in [0.1, 0.15) is 17.5 Å². The highest BCUT2D eigenvalue weighted by molar-refractivity contribution is 8.13. The van der Waals surface area contributed by atoms with E-state index >= 15 is 0 Å². The molecule has 0 radical (unpaired) electrons. The number of carbonyl (C=O) groups excluding carboxylic acids is 2. The van der Waals surface area contributed by atoms with Crippen LogP contribution in [-0.2, 0) is 6.42 Å². The summed E-state index contributed by atoms with van der Waals surface area (Å²) in [6.45, 7) is 3.50. The Labute approximate surface area is 168 Å². The number of nitrogens with zero attached hydrogens (tertiary/aromatic N) is 1. The number of aryl methyl sites for hydroxylation is 2. The molecule has 0 aromatic heterocycles. The summed E-state index contributed by atoms with van der Waals surface area (Å²) in [6, 6.07) is 13.0. The fourth-order valence-corrected chi connectivity index (χ4v) is 3.62. The Kier molecular flexibility index (Phi) is 6.78. The number of rotatable bonds is 5. The first kappa shape index (κ1) is 20.0. The summed E-state index contributed by atoms with van der Waals surface area (Å²) in [7, 11) is 0. The van der Waals surface area contributed by atoms with Gasteiger partial charge in [-0.15, -0.1) is 0 Å². The number of carbonyl (C=O) groups is 2. The van der Waals surface area contributed by atoms with Gasteiger partial charge in [-0.3, -0.25) is 14.9 Å². The van der Waals surface area contributed by atoms with Crippen molar-refractivity contribution in [3.8, 4) is 5.75 Å². The van der Waals surface area contributed by atoms with E-state index in [0.717, 1.165) is 30.3 Å². The maximum Gasteiger partial charge on any atom is 0.322 e. The summed E-state index contributed by atoms with van der Waals surface area (Å²) in [5.41, 5.74) is 4.96. The first-order chi connectivity index (χ1) is 13.6. The van der Waals surface area contributed by atoms with Gasteiger partial charge in [-0.1, -0.05) is 17.7 Å². The lowest BCUT2D eigenvalue weighted by atomic mass is 10.00. The van der Waals surface area contributed by atoms with Crippen LogP contribution in [0, 0.1) is 6.92 Å². The molecule has 2 aromatic carbocycles. The first-order valence-corrected chi connectivity index (χ1v) is 9.88. The molecule has 1 aliphatic heterocycles. The number of ether oxygens (including phenoxy) is 1. The monoisotopic (exact) mass is 401 g/mol. The average molecular weight is 401 g/mol. The topological polar surface area (TPSA) is 90.9 Å². The fourth-order valence-electron chi connectivity index (χ4n) is 3.09. The molecule has 0 atom stereocenters. The third-order valence-corrected chi connectivity index (χ3v) is 5.16. The number of benzene rings is 2. The van der Waals surface area contributed by atoms with Crippen molar-refractivity contribution >= 4 is 28.7 Å². The molecule has 0 spiro atoms. The number of urea groups is 1. The SMILES string of the molecule is Cc1ccc2c(c1)CCCN2C(=O)NCCOc1ccc(SC(=O)NO)cc1. The van der Waals surface area contributed by atoms with Crippen LogP contribution in [0.2, 0.25) is 0 Å². The van der Waals surface area contributed by atoms with Crippen molar-refractivity contribution in [2.45, 2.75) is 24.7 Å². The van der Waals surface area contributed by atoms with Gasteiger partial charge in [0.25, 0.3) is 0 Å². The van der Waals surface area contributed by atoms with Crippen LogP contribution in [0.5, 0.6) is 5.75 Å². The van der Waals surface area contributed by atoms with Crippen LogP contribution in [0.25, 0.3) is 0 Å². The zero-order valence-corrected chi connectivity index (χ0v) is 16.4. The molecule has 3 rings (SSSR count). The van der Waals surface area contributed by atoms with E-state index in [1.807, 2.05) is 12.1 Å². The number of anilines is 1. The van der Waals surface area contributed by atoms with Crippen molar-refractivity contribution in [2.24, 2.45) is 0 Å². The van der Waals surface area contributed by atoms with E-state index in [4.69, 9.17) is 9.94 Å². The summed E-state index contributed by atoms with van der Waals surface area (Å²) in [5, 5.41) is 10.9. The lowest BCUT2D eigenvalue weighted by Gasteiger charge is -2.29. The summed E-state index contributed by atoms with van der Waals surface area (Å²) in [4.78, 5) is 26.1. The minimum absolute atomic E-state index is 0.116. The number of hydrogen-bond donors (Lipinski definition) is 3. The zero-order valence-electron chi connectivity index (χ0n) is 15.6. The summed E-state index contributed by atoms with van der Waals surface area (Å²) >= 11 is 0.878. The summed E-state index contributed by atoms with van der Waals surface area (Å²) in [6.07, 6.45) is 1.96.